The molecule has 3 N–H and O–H groups in total. The molecule has 5 nitrogen and oxygen atoms in total. The lowest BCUT2D eigenvalue weighted by molar-refractivity contribution is 0.265. The maximum absolute atomic E-state index is 8.97. The normalized spacial score (nSPS) is 12.5. The summed E-state index contributed by atoms with van der Waals surface area (Å²) in [5.74, 6) is 1.45. The molecule has 3 rings (SSSR count). The highest BCUT2D eigenvalue weighted by Gasteiger charge is 2.06. The SMILES string of the molecule is N[C@H](CO)Cc1ccc(Oc2cccn3ccnc23)cc1. The highest BCUT2D eigenvalue weighted by Crippen LogP contribution is 2.25. The number of nitrogens with two attached hydrogens (primary N) is 1. The van der Waals surface area contributed by atoms with E-state index in [9.17, 15) is 0 Å². The van der Waals surface area contributed by atoms with Gasteiger partial charge in [-0.3, -0.25) is 0 Å². The molecule has 0 aliphatic carbocycles. The number of nitrogens with zero attached hydrogens (tertiary/aromatic N) is 2. The molecular weight excluding hydrogens is 266 g/mol. The number of ether oxygens (including phenoxy) is 1. The first-order valence-electron chi connectivity index (χ1n) is 6.81. The number of aromatic nitrogens is 2. The number of benzene rings is 1. The van der Waals surface area contributed by atoms with Crippen molar-refractivity contribution in [3.8, 4) is 11.5 Å². The van der Waals surface area contributed by atoms with Crippen molar-refractivity contribution in [3.63, 3.8) is 0 Å². The molecule has 0 saturated carbocycles. The van der Waals surface area contributed by atoms with Crippen LogP contribution in [0.4, 0.5) is 0 Å². The van der Waals surface area contributed by atoms with Crippen LogP contribution in [0.25, 0.3) is 5.65 Å². The van der Waals surface area contributed by atoms with Crippen LogP contribution in [-0.4, -0.2) is 27.1 Å². The molecule has 0 bridgehead atoms. The largest absolute Gasteiger partial charge is 0.453 e. The van der Waals surface area contributed by atoms with Gasteiger partial charge in [0.2, 0.25) is 0 Å². The Labute approximate surface area is 122 Å². The second kappa shape index (κ2) is 5.95. The van der Waals surface area contributed by atoms with E-state index >= 15 is 0 Å². The highest BCUT2D eigenvalue weighted by molar-refractivity contribution is 5.54. The van der Waals surface area contributed by atoms with E-state index in [0.29, 0.717) is 12.2 Å². The molecule has 0 spiro atoms. The summed E-state index contributed by atoms with van der Waals surface area (Å²) in [6.45, 7) is -0.0138. The lowest BCUT2D eigenvalue weighted by Crippen LogP contribution is -2.26. The molecule has 0 aliphatic heterocycles. The second-order valence-corrected chi connectivity index (χ2v) is 4.92. The molecule has 108 valence electrons. The maximum Gasteiger partial charge on any atom is 0.180 e. The van der Waals surface area contributed by atoms with Crippen molar-refractivity contribution in [1.82, 2.24) is 9.38 Å². The van der Waals surface area contributed by atoms with Gasteiger partial charge in [0.05, 0.1) is 6.61 Å². The smallest absolute Gasteiger partial charge is 0.180 e. The Morgan fingerprint density at radius 1 is 1.19 bits per heavy atom. The van der Waals surface area contributed by atoms with Crippen molar-refractivity contribution < 1.29 is 9.84 Å². The number of aliphatic hydroxyl groups excluding tert-OH is 1. The molecule has 0 unspecified atom stereocenters. The van der Waals surface area contributed by atoms with E-state index in [1.807, 2.05) is 53.2 Å². The molecule has 0 amide bonds. The zero-order chi connectivity index (χ0) is 14.7. The summed E-state index contributed by atoms with van der Waals surface area (Å²) in [6.07, 6.45) is 6.18. The number of hydrogen-bond donors (Lipinski definition) is 2. The first-order valence-corrected chi connectivity index (χ1v) is 6.81. The van der Waals surface area contributed by atoms with Gasteiger partial charge in [-0.25, -0.2) is 4.98 Å². The van der Waals surface area contributed by atoms with E-state index in [1.165, 1.54) is 0 Å². The average Bonchev–Trinajstić information content (AvgIpc) is 2.99. The predicted molar refractivity (Wildman–Crippen MR) is 80.5 cm³/mol. The zero-order valence-corrected chi connectivity index (χ0v) is 11.5. The van der Waals surface area contributed by atoms with Gasteiger partial charge in [-0.1, -0.05) is 12.1 Å². The predicted octanol–water partition coefficient (Wildman–Crippen LogP) is 1.99. The monoisotopic (exact) mass is 283 g/mol. The molecule has 0 saturated heterocycles. The van der Waals surface area contributed by atoms with Crippen molar-refractivity contribution in [2.75, 3.05) is 6.61 Å². The molecule has 21 heavy (non-hydrogen) atoms. The van der Waals surface area contributed by atoms with Crippen molar-refractivity contribution in [1.29, 1.82) is 0 Å². The van der Waals surface area contributed by atoms with Gasteiger partial charge < -0.3 is 20.0 Å². The maximum atomic E-state index is 8.97. The number of fused-ring (bicyclic) bond motifs is 1. The van der Waals surface area contributed by atoms with Gasteiger partial charge >= 0.3 is 0 Å². The quantitative estimate of drug-likeness (QED) is 0.751. The number of aliphatic hydroxyl groups is 1. The molecule has 5 heteroatoms. The van der Waals surface area contributed by atoms with Gasteiger partial charge in [0.25, 0.3) is 0 Å². The Balaban J connectivity index is 1.77. The summed E-state index contributed by atoms with van der Waals surface area (Å²) in [4.78, 5) is 4.28. The fraction of sp³-hybridized carbons (Fsp3) is 0.188. The van der Waals surface area contributed by atoms with Gasteiger partial charge in [-0.2, -0.15) is 0 Å². The molecule has 3 aromatic rings. The van der Waals surface area contributed by atoms with Crippen molar-refractivity contribution in [3.05, 3.63) is 60.6 Å². The number of hydrogen-bond acceptors (Lipinski definition) is 4. The number of pyridine rings is 1. The first kappa shape index (κ1) is 13.6. The fourth-order valence-corrected chi connectivity index (χ4v) is 2.19. The minimum Gasteiger partial charge on any atom is -0.453 e. The van der Waals surface area contributed by atoms with Gasteiger partial charge in [-0.15, -0.1) is 0 Å². The summed E-state index contributed by atoms with van der Waals surface area (Å²) >= 11 is 0. The third-order valence-corrected chi connectivity index (χ3v) is 3.27. The highest BCUT2D eigenvalue weighted by atomic mass is 16.5. The Hall–Kier alpha value is -2.37. The average molecular weight is 283 g/mol. The lowest BCUT2D eigenvalue weighted by Gasteiger charge is -2.10. The molecule has 2 heterocycles. The summed E-state index contributed by atoms with van der Waals surface area (Å²) < 4.78 is 7.78. The fourth-order valence-electron chi connectivity index (χ4n) is 2.19. The molecule has 0 aliphatic rings. The zero-order valence-electron chi connectivity index (χ0n) is 11.5. The van der Waals surface area contributed by atoms with Crippen LogP contribution in [0.15, 0.2) is 55.0 Å². The minimum absolute atomic E-state index is 0.0138. The first-order chi connectivity index (χ1) is 10.3. The third kappa shape index (κ3) is 3.04. The summed E-state index contributed by atoms with van der Waals surface area (Å²) in [6, 6.07) is 11.3. The van der Waals surface area contributed by atoms with E-state index in [4.69, 9.17) is 15.6 Å². The van der Waals surface area contributed by atoms with Gasteiger partial charge in [0.15, 0.2) is 11.4 Å². The molecule has 1 atom stereocenters. The van der Waals surface area contributed by atoms with Crippen LogP contribution in [0.1, 0.15) is 5.56 Å². The second-order valence-electron chi connectivity index (χ2n) is 4.92. The van der Waals surface area contributed by atoms with Crippen LogP contribution in [0.5, 0.6) is 11.5 Å². The molecule has 2 aromatic heterocycles. The minimum atomic E-state index is -0.226. The Bertz CT molecular complexity index is 722. The van der Waals surface area contributed by atoms with Crippen molar-refractivity contribution in [2.45, 2.75) is 12.5 Å². The van der Waals surface area contributed by atoms with Crippen LogP contribution in [0.2, 0.25) is 0 Å². The van der Waals surface area contributed by atoms with E-state index in [-0.39, 0.29) is 12.6 Å². The Morgan fingerprint density at radius 2 is 2.00 bits per heavy atom. The number of rotatable bonds is 5. The standard InChI is InChI=1S/C16H17N3O2/c17-13(11-20)10-12-3-5-14(6-4-12)21-15-2-1-8-19-9-7-18-16(15)19/h1-9,13,20H,10-11,17H2/t13-/m0/s1. The van der Waals surface area contributed by atoms with Gasteiger partial charge in [-0.05, 0) is 36.2 Å². The summed E-state index contributed by atoms with van der Waals surface area (Å²) in [5, 5.41) is 8.97. The van der Waals surface area contributed by atoms with Crippen molar-refractivity contribution >= 4 is 5.65 Å². The lowest BCUT2D eigenvalue weighted by atomic mass is 10.1. The van der Waals surface area contributed by atoms with Crippen LogP contribution in [-0.2, 0) is 6.42 Å². The van der Waals surface area contributed by atoms with Crippen LogP contribution >= 0.6 is 0 Å². The van der Waals surface area contributed by atoms with E-state index in [1.54, 1.807) is 6.20 Å². The molecule has 0 fully saturated rings. The topological polar surface area (TPSA) is 72.8 Å². The molecular formula is C16H17N3O2. The molecule has 0 radical (unpaired) electrons. The van der Waals surface area contributed by atoms with E-state index in [0.717, 1.165) is 17.0 Å². The Morgan fingerprint density at radius 3 is 2.76 bits per heavy atom. The van der Waals surface area contributed by atoms with Crippen LogP contribution in [0, 0.1) is 0 Å². The van der Waals surface area contributed by atoms with Crippen molar-refractivity contribution in [2.24, 2.45) is 5.73 Å². The van der Waals surface area contributed by atoms with Crippen LogP contribution in [0.3, 0.4) is 0 Å². The number of imidazole rings is 1. The van der Waals surface area contributed by atoms with Gasteiger partial charge in [0.1, 0.15) is 5.75 Å². The summed E-state index contributed by atoms with van der Waals surface area (Å²) in [5.41, 5.74) is 7.58. The third-order valence-electron chi connectivity index (χ3n) is 3.27. The summed E-state index contributed by atoms with van der Waals surface area (Å²) in [7, 11) is 0. The van der Waals surface area contributed by atoms with Gasteiger partial charge in [0, 0.05) is 24.6 Å². The molecule has 1 aromatic carbocycles. The van der Waals surface area contributed by atoms with Crippen LogP contribution < -0.4 is 10.5 Å². The van der Waals surface area contributed by atoms with E-state index < -0.39 is 0 Å². The van der Waals surface area contributed by atoms with E-state index in [2.05, 4.69) is 4.98 Å². The Kier molecular flexibility index (Phi) is 3.85.